The van der Waals surface area contributed by atoms with Crippen molar-refractivity contribution in [2.45, 2.75) is 45.8 Å². The summed E-state index contributed by atoms with van der Waals surface area (Å²) in [6.07, 6.45) is 2.52. The van der Waals surface area contributed by atoms with Crippen LogP contribution in [0.3, 0.4) is 0 Å². The first-order valence-corrected chi connectivity index (χ1v) is 6.55. The van der Waals surface area contributed by atoms with E-state index >= 15 is 0 Å². The molecule has 0 aliphatic carbocycles. The molecule has 0 aromatic carbocycles. The van der Waals surface area contributed by atoms with Crippen molar-refractivity contribution in [1.82, 2.24) is 9.97 Å². The molecule has 0 spiro atoms. The smallest absolute Gasteiger partial charge is 0.218 e. The Bertz CT molecular complexity index is 392. The Morgan fingerprint density at radius 1 is 1.56 bits per heavy atom. The Morgan fingerprint density at radius 2 is 2.39 bits per heavy atom. The van der Waals surface area contributed by atoms with Gasteiger partial charge in [0.2, 0.25) is 5.88 Å². The number of anilines is 1. The summed E-state index contributed by atoms with van der Waals surface area (Å²) in [6.45, 7) is 7.40. The molecule has 0 bridgehead atoms. The van der Waals surface area contributed by atoms with E-state index < -0.39 is 0 Å². The molecule has 0 radical (unpaired) electrons. The van der Waals surface area contributed by atoms with Crippen molar-refractivity contribution in [3.8, 4) is 5.88 Å². The maximum atomic E-state index is 5.66. The molecule has 5 heteroatoms. The van der Waals surface area contributed by atoms with Gasteiger partial charge in [0.1, 0.15) is 11.6 Å². The molecule has 1 aliphatic rings. The average molecular weight is 251 g/mol. The largest absolute Gasteiger partial charge is 0.478 e. The van der Waals surface area contributed by atoms with Gasteiger partial charge >= 0.3 is 0 Å². The fourth-order valence-corrected chi connectivity index (χ4v) is 2.16. The Labute approximate surface area is 108 Å². The first-order chi connectivity index (χ1) is 8.69. The molecule has 2 rings (SSSR count). The highest BCUT2D eigenvalue weighted by atomic mass is 16.5. The van der Waals surface area contributed by atoms with Crippen LogP contribution in [0.2, 0.25) is 0 Å². The number of hydrogen-bond donors (Lipinski definition) is 1. The molecule has 1 N–H and O–H groups in total. The third kappa shape index (κ3) is 3.32. The molecule has 5 nitrogen and oxygen atoms in total. The lowest BCUT2D eigenvalue weighted by atomic mass is 10.1. The molecule has 0 saturated carbocycles. The number of nitrogens with one attached hydrogen (secondary N) is 1. The summed E-state index contributed by atoms with van der Waals surface area (Å²) in [6, 6.07) is 2.08. The lowest BCUT2D eigenvalue weighted by molar-refractivity contribution is 0.0995. The Hall–Kier alpha value is -1.36. The topological polar surface area (TPSA) is 56.3 Å². The van der Waals surface area contributed by atoms with Crippen molar-refractivity contribution in [2.75, 3.05) is 18.5 Å². The first-order valence-electron chi connectivity index (χ1n) is 6.55. The van der Waals surface area contributed by atoms with Crippen LogP contribution in [0.5, 0.6) is 5.88 Å². The van der Waals surface area contributed by atoms with Gasteiger partial charge in [-0.15, -0.1) is 0 Å². The van der Waals surface area contributed by atoms with Crippen molar-refractivity contribution < 1.29 is 9.47 Å². The molecule has 2 atom stereocenters. The van der Waals surface area contributed by atoms with E-state index in [1.807, 2.05) is 19.9 Å². The summed E-state index contributed by atoms with van der Waals surface area (Å²) < 4.78 is 11.1. The van der Waals surface area contributed by atoms with Crippen LogP contribution in [0.15, 0.2) is 6.07 Å². The predicted octanol–water partition coefficient (Wildman–Crippen LogP) is 2.16. The van der Waals surface area contributed by atoms with Crippen LogP contribution >= 0.6 is 0 Å². The summed E-state index contributed by atoms with van der Waals surface area (Å²) in [5.41, 5.74) is 0. The third-order valence-corrected chi connectivity index (χ3v) is 3.00. The zero-order valence-corrected chi connectivity index (χ0v) is 11.3. The SMILES string of the molecule is CCOc1cc(NC(C)C2CCCO2)nc(C)n1. The van der Waals surface area contributed by atoms with Crippen molar-refractivity contribution in [3.63, 3.8) is 0 Å². The van der Waals surface area contributed by atoms with Crippen LogP contribution in [0.1, 0.15) is 32.5 Å². The zero-order chi connectivity index (χ0) is 13.0. The van der Waals surface area contributed by atoms with Crippen LogP contribution in [-0.2, 0) is 4.74 Å². The highest BCUT2D eigenvalue weighted by Crippen LogP contribution is 2.20. The van der Waals surface area contributed by atoms with Crippen LogP contribution in [0.4, 0.5) is 5.82 Å². The molecular formula is C13H21N3O2. The maximum Gasteiger partial charge on any atom is 0.218 e. The molecule has 2 heterocycles. The fraction of sp³-hybridized carbons (Fsp3) is 0.692. The van der Waals surface area contributed by atoms with E-state index in [9.17, 15) is 0 Å². The summed E-state index contributed by atoms with van der Waals surface area (Å²) in [7, 11) is 0. The average Bonchev–Trinajstić information content (AvgIpc) is 2.81. The molecule has 1 saturated heterocycles. The van der Waals surface area contributed by atoms with Gasteiger partial charge in [-0.25, -0.2) is 4.98 Å². The number of aromatic nitrogens is 2. The quantitative estimate of drug-likeness (QED) is 0.869. The predicted molar refractivity (Wildman–Crippen MR) is 70.0 cm³/mol. The van der Waals surface area contributed by atoms with E-state index in [0.29, 0.717) is 18.3 Å². The number of aryl methyl sites for hydroxylation is 1. The minimum atomic E-state index is 0.247. The molecule has 1 aromatic heterocycles. The lowest BCUT2D eigenvalue weighted by Crippen LogP contribution is -2.30. The molecule has 2 unspecified atom stereocenters. The van der Waals surface area contributed by atoms with Crippen molar-refractivity contribution >= 4 is 5.82 Å². The van der Waals surface area contributed by atoms with E-state index in [2.05, 4.69) is 22.2 Å². The minimum Gasteiger partial charge on any atom is -0.478 e. The fourth-order valence-electron chi connectivity index (χ4n) is 2.16. The van der Waals surface area contributed by atoms with Gasteiger partial charge in [0.15, 0.2) is 0 Å². The summed E-state index contributed by atoms with van der Waals surface area (Å²) >= 11 is 0. The Balaban J connectivity index is 2.03. The van der Waals surface area contributed by atoms with Gasteiger partial charge in [-0.05, 0) is 33.6 Å². The molecule has 0 amide bonds. The highest BCUT2D eigenvalue weighted by molar-refractivity contribution is 5.39. The lowest BCUT2D eigenvalue weighted by Gasteiger charge is -2.20. The minimum absolute atomic E-state index is 0.247. The van der Waals surface area contributed by atoms with Crippen LogP contribution in [0, 0.1) is 6.92 Å². The Kier molecular flexibility index (Phi) is 4.36. The van der Waals surface area contributed by atoms with Gasteiger partial charge in [-0.3, -0.25) is 0 Å². The van der Waals surface area contributed by atoms with Gasteiger partial charge in [0.05, 0.1) is 18.8 Å². The van der Waals surface area contributed by atoms with Gasteiger partial charge in [-0.2, -0.15) is 4.98 Å². The third-order valence-electron chi connectivity index (χ3n) is 3.00. The van der Waals surface area contributed by atoms with E-state index in [4.69, 9.17) is 9.47 Å². The van der Waals surface area contributed by atoms with Crippen molar-refractivity contribution in [2.24, 2.45) is 0 Å². The van der Waals surface area contributed by atoms with E-state index in [-0.39, 0.29) is 12.1 Å². The number of rotatable bonds is 5. The molecule has 1 fully saturated rings. The summed E-state index contributed by atoms with van der Waals surface area (Å²) in [5.74, 6) is 2.13. The van der Waals surface area contributed by atoms with Gasteiger partial charge in [-0.1, -0.05) is 0 Å². The summed E-state index contributed by atoms with van der Waals surface area (Å²) in [5, 5.41) is 3.37. The zero-order valence-electron chi connectivity index (χ0n) is 11.3. The molecule has 1 aliphatic heterocycles. The molecule has 1 aromatic rings. The molecule has 100 valence electrons. The second-order valence-corrected chi connectivity index (χ2v) is 4.56. The van der Waals surface area contributed by atoms with Crippen molar-refractivity contribution in [3.05, 3.63) is 11.9 Å². The molecule has 18 heavy (non-hydrogen) atoms. The van der Waals surface area contributed by atoms with Crippen LogP contribution in [0.25, 0.3) is 0 Å². The molecular weight excluding hydrogens is 230 g/mol. The highest BCUT2D eigenvalue weighted by Gasteiger charge is 2.22. The van der Waals surface area contributed by atoms with Gasteiger partial charge < -0.3 is 14.8 Å². The van der Waals surface area contributed by atoms with Gasteiger partial charge in [0, 0.05) is 12.7 Å². The van der Waals surface area contributed by atoms with E-state index in [1.165, 1.54) is 0 Å². The second-order valence-electron chi connectivity index (χ2n) is 4.56. The standard InChI is InChI=1S/C13H21N3O2/c1-4-17-13-8-12(15-10(3)16-13)14-9(2)11-6-5-7-18-11/h8-9,11H,4-7H2,1-3H3,(H,14,15,16). The maximum absolute atomic E-state index is 5.66. The number of ether oxygens (including phenoxy) is 2. The number of hydrogen-bond acceptors (Lipinski definition) is 5. The first kappa shape index (κ1) is 13.1. The monoisotopic (exact) mass is 251 g/mol. The van der Waals surface area contributed by atoms with E-state index in [1.54, 1.807) is 0 Å². The Morgan fingerprint density at radius 3 is 3.06 bits per heavy atom. The normalized spacial score (nSPS) is 20.7. The van der Waals surface area contributed by atoms with Crippen LogP contribution < -0.4 is 10.1 Å². The van der Waals surface area contributed by atoms with Crippen LogP contribution in [-0.4, -0.2) is 35.3 Å². The second kappa shape index (κ2) is 6.00. The summed E-state index contributed by atoms with van der Waals surface area (Å²) in [4.78, 5) is 8.59. The number of nitrogens with zero attached hydrogens (tertiary/aromatic N) is 2. The van der Waals surface area contributed by atoms with Gasteiger partial charge in [0.25, 0.3) is 0 Å². The van der Waals surface area contributed by atoms with E-state index in [0.717, 1.165) is 25.3 Å². The van der Waals surface area contributed by atoms with Crippen molar-refractivity contribution in [1.29, 1.82) is 0 Å².